The molecule has 5 N–H and O–H groups in total. The number of benzene rings is 2. The van der Waals surface area contributed by atoms with Gasteiger partial charge in [-0.2, -0.15) is 0 Å². The molecule has 4 aliphatic rings. The van der Waals surface area contributed by atoms with E-state index in [9.17, 15) is 48.3 Å². The first-order valence-corrected chi connectivity index (χ1v) is 26.3. The Morgan fingerprint density at radius 2 is 1.63 bits per heavy atom. The molecule has 1 aliphatic carbocycles. The summed E-state index contributed by atoms with van der Waals surface area (Å²) < 4.78 is 22.2. The van der Waals surface area contributed by atoms with Crippen LogP contribution in [0.15, 0.2) is 47.3 Å². The Morgan fingerprint density at radius 3 is 2.37 bits per heavy atom. The van der Waals surface area contributed by atoms with Crippen LogP contribution in [0.2, 0.25) is 0 Å². The fourth-order valence-electron chi connectivity index (χ4n) is 10.8. The predicted molar refractivity (Wildman–Crippen MR) is 273 cm³/mol. The lowest BCUT2D eigenvalue weighted by atomic mass is 9.81. The van der Waals surface area contributed by atoms with Crippen molar-refractivity contribution in [1.82, 2.24) is 35.7 Å². The van der Waals surface area contributed by atoms with Gasteiger partial charge in [-0.25, -0.2) is 14.2 Å². The maximum absolute atomic E-state index is 15.4. The van der Waals surface area contributed by atoms with E-state index in [0.29, 0.717) is 87.0 Å². The lowest BCUT2D eigenvalue weighted by Gasteiger charge is -2.31. The largest absolute Gasteiger partial charge is 0.458 e. The minimum Gasteiger partial charge on any atom is -0.458 e. The number of amides is 5. The lowest BCUT2D eigenvalue weighted by molar-refractivity contribution is -0.172. The zero-order chi connectivity index (χ0) is 53.6. The Bertz CT molecular complexity index is 2990. The number of ether oxygens (including phenoxy) is 1. The zero-order valence-electron chi connectivity index (χ0n) is 42.9. The third kappa shape index (κ3) is 11.9. The van der Waals surface area contributed by atoms with Gasteiger partial charge in [0.2, 0.25) is 29.5 Å². The van der Waals surface area contributed by atoms with Gasteiger partial charge in [0.15, 0.2) is 17.2 Å². The summed E-state index contributed by atoms with van der Waals surface area (Å²) in [4.78, 5) is 121. The van der Waals surface area contributed by atoms with Gasteiger partial charge < -0.3 is 35.7 Å². The highest BCUT2D eigenvalue weighted by Crippen LogP contribution is 2.46. The number of nitrogens with zero attached hydrogens (tertiary/aromatic N) is 3. The molecule has 5 amide bonds. The van der Waals surface area contributed by atoms with Gasteiger partial charge in [0, 0.05) is 86.2 Å². The first kappa shape index (κ1) is 54.3. The van der Waals surface area contributed by atoms with E-state index >= 15 is 4.39 Å². The van der Waals surface area contributed by atoms with Crippen molar-refractivity contribution in [1.29, 1.82) is 0 Å². The summed E-state index contributed by atoms with van der Waals surface area (Å²) in [5.41, 5.74) is 3.47. The first-order valence-electron chi connectivity index (χ1n) is 26.3. The highest BCUT2D eigenvalue weighted by molar-refractivity contribution is 6.03. The molecule has 2 aromatic carbocycles. The van der Waals surface area contributed by atoms with E-state index in [4.69, 9.17) is 9.72 Å². The number of unbranched alkanes of at least 4 members (excludes halogenated alkanes) is 3. The Labute approximate surface area is 433 Å². The number of esters is 1. The van der Waals surface area contributed by atoms with Gasteiger partial charge in [0.1, 0.15) is 12.4 Å². The second-order valence-corrected chi connectivity index (χ2v) is 20.3. The van der Waals surface area contributed by atoms with Crippen LogP contribution < -0.4 is 26.8 Å². The third-order valence-electron chi connectivity index (χ3n) is 15.2. The predicted octanol–water partition coefficient (Wildman–Crippen LogP) is 4.50. The molecule has 75 heavy (non-hydrogen) atoms. The molecule has 18 nitrogen and oxygen atoms in total. The van der Waals surface area contributed by atoms with Crippen molar-refractivity contribution in [2.24, 2.45) is 5.92 Å². The summed E-state index contributed by atoms with van der Waals surface area (Å²) in [6.45, 7) is 6.11. The number of hydrogen-bond acceptors (Lipinski definition) is 13. The van der Waals surface area contributed by atoms with E-state index in [0.717, 1.165) is 27.6 Å². The minimum atomic E-state index is -1.98. The molecular weight excluding hydrogens is 966 g/mol. The van der Waals surface area contributed by atoms with Crippen molar-refractivity contribution in [3.63, 3.8) is 0 Å². The Kier molecular flexibility index (Phi) is 17.1. The fourth-order valence-corrected chi connectivity index (χ4v) is 10.8. The molecule has 0 radical (unpaired) electrons. The first-order chi connectivity index (χ1) is 36.0. The monoisotopic (exact) mass is 1030 g/mol. The number of halogens is 1. The molecule has 0 saturated carbocycles. The molecule has 1 fully saturated rings. The van der Waals surface area contributed by atoms with Crippen molar-refractivity contribution in [3.8, 4) is 11.4 Å². The van der Waals surface area contributed by atoms with Gasteiger partial charge in [-0.05, 0) is 93.2 Å². The highest BCUT2D eigenvalue weighted by atomic mass is 19.1. The van der Waals surface area contributed by atoms with Gasteiger partial charge in [-0.3, -0.25) is 43.3 Å². The van der Waals surface area contributed by atoms with E-state index in [2.05, 4.69) is 21.3 Å². The number of hydrogen-bond donors (Lipinski definition) is 5. The number of cyclic esters (lactones) is 1. The molecule has 19 heteroatoms. The summed E-state index contributed by atoms with van der Waals surface area (Å²) in [7, 11) is 0. The molecule has 4 atom stereocenters. The number of likely N-dealkylation sites (tertiary alicyclic amines) is 1. The zero-order valence-corrected chi connectivity index (χ0v) is 42.9. The summed E-state index contributed by atoms with van der Waals surface area (Å²) in [6, 6.07) is 11.1. The molecule has 0 spiro atoms. The molecule has 3 aliphatic heterocycles. The lowest BCUT2D eigenvalue weighted by Crippen LogP contribution is -2.44. The van der Waals surface area contributed by atoms with E-state index in [1.807, 2.05) is 30.3 Å². The van der Waals surface area contributed by atoms with Gasteiger partial charge >= 0.3 is 5.97 Å². The number of aryl methyl sites for hydroxylation is 1. The third-order valence-corrected chi connectivity index (χ3v) is 15.2. The molecule has 1 unspecified atom stereocenters. The van der Waals surface area contributed by atoms with Crippen molar-refractivity contribution in [2.75, 3.05) is 26.2 Å². The van der Waals surface area contributed by atoms with E-state index in [1.54, 1.807) is 31.4 Å². The molecule has 8 rings (SSSR count). The number of fused-ring (bicyclic) bond motifs is 5. The van der Waals surface area contributed by atoms with Crippen LogP contribution in [-0.2, 0) is 74.7 Å². The van der Waals surface area contributed by atoms with Crippen LogP contribution in [0.4, 0.5) is 4.39 Å². The van der Waals surface area contributed by atoms with Gasteiger partial charge in [-0.15, -0.1) is 0 Å². The average molecular weight is 1030 g/mol. The van der Waals surface area contributed by atoms with Crippen molar-refractivity contribution >= 4 is 58.0 Å². The number of Topliss-reactive ketones (excluding diaryl/α,β-unsaturated/α-hetero) is 2. The molecule has 4 aromatic rings. The fraction of sp³-hybridized carbons (Fsp3) is 0.500. The van der Waals surface area contributed by atoms with E-state index < -0.39 is 23.5 Å². The van der Waals surface area contributed by atoms with Crippen LogP contribution in [0.3, 0.4) is 0 Å². The van der Waals surface area contributed by atoms with Crippen molar-refractivity contribution < 1.29 is 52.6 Å². The summed E-state index contributed by atoms with van der Waals surface area (Å²) >= 11 is 0. The number of pyridine rings is 2. The summed E-state index contributed by atoms with van der Waals surface area (Å²) in [6.07, 6.45) is 4.37. The number of aromatic nitrogens is 2. The summed E-state index contributed by atoms with van der Waals surface area (Å²) in [5.74, 6) is -3.64. The Morgan fingerprint density at radius 1 is 0.880 bits per heavy atom. The minimum absolute atomic E-state index is 0.00646. The molecule has 0 bridgehead atoms. The smallest absolute Gasteiger partial charge is 0.343 e. The van der Waals surface area contributed by atoms with Crippen molar-refractivity contribution in [3.05, 3.63) is 97.6 Å². The quantitative estimate of drug-likeness (QED) is 0.0307. The second kappa shape index (κ2) is 23.7. The van der Waals surface area contributed by atoms with Crippen molar-refractivity contribution in [2.45, 2.75) is 148 Å². The van der Waals surface area contributed by atoms with Crippen LogP contribution in [0.25, 0.3) is 22.3 Å². The van der Waals surface area contributed by atoms with E-state index in [-0.39, 0.29) is 141 Å². The topological polar surface area (TPSA) is 252 Å². The second-order valence-electron chi connectivity index (χ2n) is 20.3. The molecule has 2 aromatic heterocycles. The SMILES string of the molecule is CC[C@@]1(O)C(=O)OCc2c1cc1n(c2=O)Cc2c-1nc1cc(F)c(C)c3c1c2[C@@H](NCCCCNC(=O)CCC(=O)[C@H](Cc1ccccc1)NC(=O)CCC(=O)CNC(=O)CCCCCN1C(=O)CC(C)C1=O)CC3. The van der Waals surface area contributed by atoms with Gasteiger partial charge in [0.25, 0.3) is 5.56 Å². The van der Waals surface area contributed by atoms with Gasteiger partial charge in [0.05, 0.1) is 41.6 Å². The number of imide groups is 1. The maximum atomic E-state index is 15.4. The average Bonchev–Trinajstić information content (AvgIpc) is 3.89. The number of nitrogens with one attached hydrogen (secondary N) is 4. The molecule has 398 valence electrons. The molecule has 1 saturated heterocycles. The van der Waals surface area contributed by atoms with Crippen LogP contribution in [0.5, 0.6) is 0 Å². The summed E-state index contributed by atoms with van der Waals surface area (Å²) in [5, 5.41) is 24.1. The van der Waals surface area contributed by atoms with Crippen LogP contribution >= 0.6 is 0 Å². The maximum Gasteiger partial charge on any atom is 0.343 e. The van der Waals surface area contributed by atoms with Crippen LogP contribution in [-0.4, -0.2) is 98.9 Å². The Hall–Kier alpha value is -6.99. The number of aliphatic hydroxyl groups is 1. The number of carbonyl (C=O) groups is 8. The van der Waals surface area contributed by atoms with Crippen LogP contribution in [0, 0.1) is 18.7 Å². The molecule has 5 heterocycles. The molecular formula is C56H66FN7O11. The van der Waals surface area contributed by atoms with Gasteiger partial charge in [-0.1, -0.05) is 50.6 Å². The highest BCUT2D eigenvalue weighted by Gasteiger charge is 2.46. The number of ketones is 2. The van der Waals surface area contributed by atoms with Crippen LogP contribution in [0.1, 0.15) is 142 Å². The van der Waals surface area contributed by atoms with E-state index in [1.165, 1.54) is 11.0 Å². The number of rotatable bonds is 25. The number of carbonyl (C=O) groups excluding carboxylic acids is 8. The normalized spacial score (nSPS) is 18.8. The Balaban J connectivity index is 0.786. The standard InChI is InChI=1S/C56H66FN7O11/c1-4-56(74)39-27-44-52-37(30-64(44)54(72)38(39)31-75-55(56)73)51-41(18-17-36-33(3)40(57)28-43(62-52)50(36)51)58-22-10-11-23-59-47(68)21-19-45(66)42(26-34-13-7-5-8-14-34)61-48(69)20-16-35(65)29-60-46(67)15-9-6-12-24-63-49(70)25-32(2)53(63)71/h5,7-8,13-14,27-28,32,41-42,58,74H,4,6,9-12,15-26,29-31H2,1-3H3,(H,59,68)(H,60,67)(H,61,69)/t32?,41-,42-,56-/m0/s1.